The molecule has 2 saturated carbocycles. The summed E-state index contributed by atoms with van der Waals surface area (Å²) in [5.74, 6) is 1.60. The van der Waals surface area contributed by atoms with Crippen LogP contribution in [0.2, 0.25) is 0 Å². The van der Waals surface area contributed by atoms with Crippen molar-refractivity contribution in [3.8, 4) is 0 Å². The summed E-state index contributed by atoms with van der Waals surface area (Å²) >= 11 is 0. The van der Waals surface area contributed by atoms with Crippen molar-refractivity contribution < 1.29 is 19.1 Å². The molecule has 4 atom stereocenters. The SMILES string of the molecule is CNC(=O)C1CC1CN(C)CCOCCNC(=O)C1CC1CN(C)CCOC. The number of ether oxygens (including phenoxy) is 2. The van der Waals surface area contributed by atoms with E-state index in [4.69, 9.17) is 9.47 Å². The van der Waals surface area contributed by atoms with Crippen LogP contribution in [0.15, 0.2) is 0 Å². The minimum Gasteiger partial charge on any atom is -0.383 e. The predicted octanol–water partition coefficient (Wildman–Crippen LogP) is -0.353. The van der Waals surface area contributed by atoms with Crippen LogP contribution in [0.25, 0.3) is 0 Å². The van der Waals surface area contributed by atoms with Crippen molar-refractivity contribution in [2.75, 3.05) is 80.8 Å². The van der Waals surface area contributed by atoms with Crippen molar-refractivity contribution in [2.24, 2.45) is 23.7 Å². The van der Waals surface area contributed by atoms with Crippen LogP contribution < -0.4 is 10.6 Å². The molecule has 0 heterocycles. The maximum atomic E-state index is 12.1. The molecule has 0 bridgehead atoms. The Labute approximate surface area is 169 Å². The average molecular weight is 399 g/mol. The molecule has 0 aromatic heterocycles. The summed E-state index contributed by atoms with van der Waals surface area (Å²) in [5.41, 5.74) is 0. The van der Waals surface area contributed by atoms with Gasteiger partial charge in [-0.05, 0) is 38.8 Å². The zero-order valence-corrected chi connectivity index (χ0v) is 17.9. The van der Waals surface area contributed by atoms with Gasteiger partial charge in [-0.25, -0.2) is 0 Å². The van der Waals surface area contributed by atoms with Gasteiger partial charge in [0.05, 0.1) is 19.8 Å². The summed E-state index contributed by atoms with van der Waals surface area (Å²) in [7, 11) is 7.52. The Bertz CT molecular complexity index is 505. The topological polar surface area (TPSA) is 83.1 Å². The van der Waals surface area contributed by atoms with Crippen molar-refractivity contribution in [2.45, 2.75) is 12.8 Å². The Kier molecular flexibility index (Phi) is 9.64. The largest absolute Gasteiger partial charge is 0.383 e. The van der Waals surface area contributed by atoms with E-state index in [2.05, 4.69) is 34.5 Å². The quantitative estimate of drug-likeness (QED) is 0.367. The van der Waals surface area contributed by atoms with Crippen LogP contribution in [-0.4, -0.2) is 102 Å². The molecule has 2 aliphatic carbocycles. The fourth-order valence-electron chi connectivity index (χ4n) is 3.66. The lowest BCUT2D eigenvalue weighted by Crippen LogP contribution is -2.32. The van der Waals surface area contributed by atoms with Crippen molar-refractivity contribution in [1.82, 2.24) is 20.4 Å². The second kappa shape index (κ2) is 11.7. The van der Waals surface area contributed by atoms with Crippen LogP contribution in [0.5, 0.6) is 0 Å². The highest BCUT2D eigenvalue weighted by molar-refractivity contribution is 5.81. The van der Waals surface area contributed by atoms with Gasteiger partial charge in [0.15, 0.2) is 0 Å². The number of carbonyl (C=O) groups excluding carboxylic acids is 2. The Morgan fingerprint density at radius 2 is 1.50 bits per heavy atom. The lowest BCUT2D eigenvalue weighted by Gasteiger charge is -2.16. The van der Waals surface area contributed by atoms with Gasteiger partial charge < -0.3 is 29.9 Å². The number of amides is 2. The van der Waals surface area contributed by atoms with Gasteiger partial charge in [0.1, 0.15) is 0 Å². The standard InChI is InChI=1S/C20H38N4O4/c1-21-19(25)17-11-15(17)13-24(3)7-10-28-8-5-22-20(26)18-12-16(18)14-23(2)6-9-27-4/h15-18H,5-14H2,1-4H3,(H,21,25)(H,22,26). The van der Waals surface area contributed by atoms with Gasteiger partial charge in [0.25, 0.3) is 0 Å². The molecule has 0 aromatic rings. The molecule has 2 aliphatic rings. The fourth-order valence-corrected chi connectivity index (χ4v) is 3.66. The van der Waals surface area contributed by atoms with E-state index < -0.39 is 0 Å². The number of carbonyl (C=O) groups is 2. The fraction of sp³-hybridized carbons (Fsp3) is 0.900. The maximum absolute atomic E-state index is 12.1. The van der Waals surface area contributed by atoms with Crippen molar-refractivity contribution in [3.05, 3.63) is 0 Å². The normalized spacial score (nSPS) is 25.8. The third-order valence-corrected chi connectivity index (χ3v) is 5.70. The van der Waals surface area contributed by atoms with Gasteiger partial charge in [-0.2, -0.15) is 0 Å². The highest BCUT2D eigenvalue weighted by Crippen LogP contribution is 2.39. The van der Waals surface area contributed by atoms with Gasteiger partial charge in [0.2, 0.25) is 11.8 Å². The second-order valence-corrected chi connectivity index (χ2v) is 8.24. The molecule has 0 aromatic carbocycles. The zero-order chi connectivity index (χ0) is 20.5. The van der Waals surface area contributed by atoms with E-state index in [1.807, 2.05) is 0 Å². The summed E-state index contributed by atoms with van der Waals surface area (Å²) in [6.07, 6.45) is 1.97. The first-order valence-corrected chi connectivity index (χ1v) is 10.4. The second-order valence-electron chi connectivity index (χ2n) is 8.24. The Hall–Kier alpha value is -1.22. The van der Waals surface area contributed by atoms with Gasteiger partial charge in [-0.1, -0.05) is 0 Å². The maximum Gasteiger partial charge on any atom is 0.223 e. The van der Waals surface area contributed by atoms with Crippen LogP contribution in [0.4, 0.5) is 0 Å². The number of nitrogens with one attached hydrogen (secondary N) is 2. The van der Waals surface area contributed by atoms with Crippen molar-refractivity contribution >= 4 is 11.8 Å². The average Bonchev–Trinajstić information content (AvgIpc) is 3.58. The molecule has 8 nitrogen and oxygen atoms in total. The van der Waals surface area contributed by atoms with E-state index >= 15 is 0 Å². The minimum absolute atomic E-state index is 0.153. The highest BCUT2D eigenvalue weighted by atomic mass is 16.5. The lowest BCUT2D eigenvalue weighted by atomic mass is 10.3. The molecule has 0 saturated heterocycles. The molecule has 162 valence electrons. The van der Waals surface area contributed by atoms with Crippen LogP contribution in [0, 0.1) is 23.7 Å². The first kappa shape index (κ1) is 23.1. The smallest absolute Gasteiger partial charge is 0.223 e. The van der Waals surface area contributed by atoms with Gasteiger partial charge in [-0.3, -0.25) is 9.59 Å². The molecule has 0 spiro atoms. The highest BCUT2D eigenvalue weighted by Gasteiger charge is 2.43. The van der Waals surface area contributed by atoms with Crippen LogP contribution >= 0.6 is 0 Å². The van der Waals surface area contributed by atoms with Crippen molar-refractivity contribution in [3.63, 3.8) is 0 Å². The summed E-state index contributed by atoms with van der Waals surface area (Å²) in [4.78, 5) is 28.1. The molecule has 0 aliphatic heterocycles. The molecular formula is C20H38N4O4. The molecule has 0 radical (unpaired) electrons. The molecular weight excluding hydrogens is 360 g/mol. The third-order valence-electron chi connectivity index (χ3n) is 5.70. The number of hydrogen-bond donors (Lipinski definition) is 2. The van der Waals surface area contributed by atoms with E-state index in [1.54, 1.807) is 14.2 Å². The molecule has 2 fully saturated rings. The van der Waals surface area contributed by atoms with Crippen LogP contribution in [0.1, 0.15) is 12.8 Å². The minimum atomic E-state index is 0.153. The Balaban J connectivity index is 1.42. The monoisotopic (exact) mass is 398 g/mol. The van der Waals surface area contributed by atoms with Crippen LogP contribution in [0.3, 0.4) is 0 Å². The summed E-state index contributed by atoms with van der Waals surface area (Å²) in [5, 5.41) is 5.69. The van der Waals surface area contributed by atoms with E-state index in [1.165, 1.54) is 0 Å². The molecule has 8 heteroatoms. The first-order valence-electron chi connectivity index (χ1n) is 10.4. The summed E-state index contributed by atoms with van der Waals surface area (Å²) in [6, 6.07) is 0. The summed E-state index contributed by atoms with van der Waals surface area (Å²) < 4.78 is 10.7. The molecule has 4 unspecified atom stereocenters. The van der Waals surface area contributed by atoms with Gasteiger partial charge in [0, 0.05) is 58.7 Å². The number of rotatable bonds is 15. The molecule has 2 rings (SSSR count). The lowest BCUT2D eigenvalue weighted by molar-refractivity contribution is -0.123. The third kappa shape index (κ3) is 8.03. The predicted molar refractivity (Wildman–Crippen MR) is 108 cm³/mol. The number of likely N-dealkylation sites (N-methyl/N-ethyl adjacent to an activating group) is 2. The number of nitrogens with zero attached hydrogens (tertiary/aromatic N) is 2. The van der Waals surface area contributed by atoms with Gasteiger partial charge >= 0.3 is 0 Å². The van der Waals surface area contributed by atoms with Crippen molar-refractivity contribution in [1.29, 1.82) is 0 Å². The van der Waals surface area contributed by atoms with Crippen LogP contribution in [-0.2, 0) is 19.1 Å². The Morgan fingerprint density at radius 3 is 2.07 bits per heavy atom. The van der Waals surface area contributed by atoms with E-state index in [-0.39, 0.29) is 23.7 Å². The molecule has 2 amide bonds. The van der Waals surface area contributed by atoms with E-state index in [0.29, 0.717) is 31.6 Å². The number of hydrogen-bond acceptors (Lipinski definition) is 6. The Morgan fingerprint density at radius 1 is 0.929 bits per heavy atom. The zero-order valence-electron chi connectivity index (χ0n) is 17.9. The first-order chi connectivity index (χ1) is 13.5. The summed E-state index contributed by atoms with van der Waals surface area (Å²) in [6.45, 7) is 6.08. The van der Waals surface area contributed by atoms with E-state index in [0.717, 1.165) is 45.6 Å². The van der Waals surface area contributed by atoms with E-state index in [9.17, 15) is 9.59 Å². The van der Waals surface area contributed by atoms with Gasteiger partial charge in [-0.15, -0.1) is 0 Å². The molecule has 28 heavy (non-hydrogen) atoms. The number of methoxy groups -OCH3 is 1. The molecule has 2 N–H and O–H groups in total.